The minimum atomic E-state index is -0.293. The van der Waals surface area contributed by atoms with Crippen molar-refractivity contribution < 1.29 is 4.74 Å². The first-order valence-electron chi connectivity index (χ1n) is 4.56. The molecule has 0 radical (unpaired) electrons. The van der Waals surface area contributed by atoms with Gasteiger partial charge in [-0.05, 0) is 30.2 Å². The molecule has 3 nitrogen and oxygen atoms in total. The summed E-state index contributed by atoms with van der Waals surface area (Å²) in [7, 11) is 1.57. The maximum Gasteiger partial charge on any atom is 0.137 e. The van der Waals surface area contributed by atoms with Crippen LogP contribution >= 0.6 is 11.6 Å². The highest BCUT2D eigenvalue weighted by atomic mass is 35.5. The molecule has 0 amide bonds. The maximum atomic E-state index is 8.57. The predicted molar refractivity (Wildman–Crippen MR) is 59.9 cm³/mol. The van der Waals surface area contributed by atoms with E-state index in [1.807, 2.05) is 19.1 Å². The second kappa shape index (κ2) is 5.01. The summed E-state index contributed by atoms with van der Waals surface area (Å²) in [6.45, 7) is 1.92. The zero-order valence-electron chi connectivity index (χ0n) is 8.75. The number of ether oxygens (including phenoxy) is 1. The molecule has 15 heavy (non-hydrogen) atoms. The largest absolute Gasteiger partial charge is 0.495 e. The van der Waals surface area contributed by atoms with E-state index < -0.39 is 0 Å². The van der Waals surface area contributed by atoms with Crippen LogP contribution in [0.3, 0.4) is 0 Å². The number of nitrogens with two attached hydrogens (primary N) is 1. The Hall–Kier alpha value is -1.24. The van der Waals surface area contributed by atoms with E-state index in [2.05, 4.69) is 0 Å². The normalized spacial score (nSPS) is 11.9. The molecule has 1 unspecified atom stereocenters. The number of hydrogen-bond acceptors (Lipinski definition) is 3. The van der Waals surface area contributed by atoms with Crippen LogP contribution in [-0.4, -0.2) is 7.11 Å². The Balaban J connectivity index is 3.11. The average Bonchev–Trinajstić information content (AvgIpc) is 2.21. The predicted octanol–water partition coefficient (Wildman–Crippen LogP) is 2.57. The summed E-state index contributed by atoms with van der Waals surface area (Å²) >= 11 is 5.98. The molecule has 1 aromatic carbocycles. The van der Waals surface area contributed by atoms with Crippen LogP contribution in [0.5, 0.6) is 5.75 Å². The second-order valence-corrected chi connectivity index (χ2v) is 3.72. The van der Waals surface area contributed by atoms with Gasteiger partial charge < -0.3 is 10.5 Å². The minimum absolute atomic E-state index is 0.281. The van der Waals surface area contributed by atoms with Gasteiger partial charge in [0.15, 0.2) is 0 Å². The molecule has 2 N–H and O–H groups in total. The smallest absolute Gasteiger partial charge is 0.137 e. The Bertz CT molecular complexity index is 398. The Kier molecular flexibility index (Phi) is 3.96. The van der Waals surface area contributed by atoms with Crippen molar-refractivity contribution in [2.75, 3.05) is 7.11 Å². The molecule has 1 atom stereocenters. The second-order valence-electron chi connectivity index (χ2n) is 3.31. The summed E-state index contributed by atoms with van der Waals surface area (Å²) in [4.78, 5) is 0. The summed E-state index contributed by atoms with van der Waals surface area (Å²) in [6.07, 6.45) is 0.281. The van der Waals surface area contributed by atoms with Gasteiger partial charge in [0.05, 0.1) is 24.6 Å². The van der Waals surface area contributed by atoms with Crippen molar-refractivity contribution in [1.29, 1.82) is 5.26 Å². The molecule has 1 aromatic rings. The van der Waals surface area contributed by atoms with Gasteiger partial charge >= 0.3 is 0 Å². The molecule has 0 saturated heterocycles. The van der Waals surface area contributed by atoms with Gasteiger partial charge in [-0.3, -0.25) is 0 Å². The van der Waals surface area contributed by atoms with Crippen LogP contribution in [0, 0.1) is 18.3 Å². The topological polar surface area (TPSA) is 59.0 Å². The fourth-order valence-corrected chi connectivity index (χ4v) is 1.68. The number of nitrogens with zero attached hydrogens (tertiary/aromatic N) is 1. The Labute approximate surface area is 94.4 Å². The molecule has 80 valence electrons. The summed E-state index contributed by atoms with van der Waals surface area (Å²) in [5, 5.41) is 9.09. The van der Waals surface area contributed by atoms with Crippen LogP contribution in [0.25, 0.3) is 0 Å². The number of aryl methyl sites for hydroxylation is 1. The highest BCUT2D eigenvalue weighted by Gasteiger charge is 2.12. The molecule has 0 aliphatic heterocycles. The quantitative estimate of drug-likeness (QED) is 0.859. The SMILES string of the molecule is COc1cc(C)c(C(N)CC#N)cc1Cl. The molecule has 0 heterocycles. The molecule has 0 bridgehead atoms. The Morgan fingerprint density at radius 3 is 2.80 bits per heavy atom. The van der Waals surface area contributed by atoms with Crippen molar-refractivity contribution in [3.8, 4) is 11.8 Å². The van der Waals surface area contributed by atoms with Gasteiger partial charge in [0.25, 0.3) is 0 Å². The molecule has 4 heteroatoms. The monoisotopic (exact) mass is 224 g/mol. The molecule has 0 fully saturated rings. The fraction of sp³-hybridized carbons (Fsp3) is 0.364. The van der Waals surface area contributed by atoms with E-state index in [1.165, 1.54) is 0 Å². The van der Waals surface area contributed by atoms with Gasteiger partial charge in [0.2, 0.25) is 0 Å². The van der Waals surface area contributed by atoms with E-state index in [9.17, 15) is 0 Å². The summed E-state index contributed by atoms with van der Waals surface area (Å²) in [5.41, 5.74) is 7.72. The third-order valence-corrected chi connectivity index (χ3v) is 2.55. The van der Waals surface area contributed by atoms with Gasteiger partial charge in [-0.25, -0.2) is 0 Å². The lowest BCUT2D eigenvalue weighted by Crippen LogP contribution is -2.11. The molecule has 0 aliphatic rings. The van der Waals surface area contributed by atoms with E-state index in [0.29, 0.717) is 10.8 Å². The standard InChI is InChI=1S/C11H13ClN2O/c1-7-5-11(15-2)9(12)6-8(7)10(14)3-4-13/h5-6,10H,3,14H2,1-2H3. The highest BCUT2D eigenvalue weighted by Crippen LogP contribution is 2.30. The molecule has 0 saturated carbocycles. The van der Waals surface area contributed by atoms with Gasteiger partial charge in [-0.1, -0.05) is 11.6 Å². The van der Waals surface area contributed by atoms with Crippen molar-refractivity contribution in [3.05, 3.63) is 28.3 Å². The van der Waals surface area contributed by atoms with Crippen molar-refractivity contribution in [2.24, 2.45) is 5.73 Å². The van der Waals surface area contributed by atoms with E-state index in [1.54, 1.807) is 13.2 Å². The zero-order valence-corrected chi connectivity index (χ0v) is 9.51. The number of rotatable bonds is 3. The van der Waals surface area contributed by atoms with Crippen molar-refractivity contribution >= 4 is 11.6 Å². The van der Waals surface area contributed by atoms with Gasteiger partial charge in [0.1, 0.15) is 5.75 Å². The molecular formula is C11H13ClN2O. The molecule has 0 spiro atoms. The Morgan fingerprint density at radius 1 is 1.60 bits per heavy atom. The Morgan fingerprint density at radius 2 is 2.27 bits per heavy atom. The van der Waals surface area contributed by atoms with Crippen LogP contribution in [-0.2, 0) is 0 Å². The van der Waals surface area contributed by atoms with Crippen LogP contribution in [0.15, 0.2) is 12.1 Å². The van der Waals surface area contributed by atoms with E-state index in [0.717, 1.165) is 11.1 Å². The fourth-order valence-electron chi connectivity index (χ4n) is 1.43. The van der Waals surface area contributed by atoms with Crippen LogP contribution in [0.1, 0.15) is 23.6 Å². The third kappa shape index (κ3) is 2.62. The van der Waals surface area contributed by atoms with Gasteiger partial charge in [-0.15, -0.1) is 0 Å². The number of halogens is 1. The number of nitriles is 1. The minimum Gasteiger partial charge on any atom is -0.495 e. The van der Waals surface area contributed by atoms with E-state index in [-0.39, 0.29) is 12.5 Å². The number of hydrogen-bond donors (Lipinski definition) is 1. The van der Waals surface area contributed by atoms with Crippen molar-refractivity contribution in [2.45, 2.75) is 19.4 Å². The van der Waals surface area contributed by atoms with Crippen LogP contribution in [0.2, 0.25) is 5.02 Å². The summed E-state index contributed by atoms with van der Waals surface area (Å²) in [5.74, 6) is 0.627. The van der Waals surface area contributed by atoms with Crippen LogP contribution in [0.4, 0.5) is 0 Å². The van der Waals surface area contributed by atoms with Crippen molar-refractivity contribution in [3.63, 3.8) is 0 Å². The summed E-state index contributed by atoms with van der Waals surface area (Å²) in [6, 6.07) is 5.34. The first kappa shape index (κ1) is 11.8. The van der Waals surface area contributed by atoms with Crippen molar-refractivity contribution in [1.82, 2.24) is 0 Å². The van der Waals surface area contributed by atoms with Gasteiger partial charge in [-0.2, -0.15) is 5.26 Å². The van der Waals surface area contributed by atoms with Gasteiger partial charge in [0, 0.05) is 6.04 Å². The first-order chi connectivity index (χ1) is 7.10. The molecule has 0 aliphatic carbocycles. The first-order valence-corrected chi connectivity index (χ1v) is 4.94. The highest BCUT2D eigenvalue weighted by molar-refractivity contribution is 6.32. The lowest BCUT2D eigenvalue weighted by Gasteiger charge is -2.14. The lowest BCUT2D eigenvalue weighted by molar-refractivity contribution is 0.414. The van der Waals surface area contributed by atoms with E-state index >= 15 is 0 Å². The maximum absolute atomic E-state index is 8.57. The van der Waals surface area contributed by atoms with Crippen LogP contribution < -0.4 is 10.5 Å². The lowest BCUT2D eigenvalue weighted by atomic mass is 10.00. The molecule has 0 aromatic heterocycles. The summed E-state index contributed by atoms with van der Waals surface area (Å²) < 4.78 is 5.08. The molecular weight excluding hydrogens is 212 g/mol. The molecule has 1 rings (SSSR count). The number of benzene rings is 1. The zero-order chi connectivity index (χ0) is 11.4. The van der Waals surface area contributed by atoms with E-state index in [4.69, 9.17) is 27.3 Å². The number of methoxy groups -OCH3 is 1. The third-order valence-electron chi connectivity index (χ3n) is 2.25. The average molecular weight is 225 g/mol.